The minimum atomic E-state index is -4.04. The average Bonchev–Trinajstić information content (AvgIpc) is 2.73. The molecule has 2 atom stereocenters. The van der Waals surface area contributed by atoms with Gasteiger partial charge in [-0.15, -0.1) is 0 Å². The molecule has 2 fully saturated rings. The molecule has 2 saturated heterocycles. The number of nitro groups is 1. The molecular formula is C20H21N3O6S. The number of nitro benzene ring substituents is 1. The molecule has 0 N–H and O–H groups in total. The Hall–Kier alpha value is -2.98. The van der Waals surface area contributed by atoms with E-state index in [1.807, 2.05) is 30.3 Å². The molecule has 0 radical (unpaired) electrons. The number of hydrogen-bond acceptors (Lipinski definition) is 6. The molecule has 0 aromatic heterocycles. The van der Waals surface area contributed by atoms with E-state index in [9.17, 15) is 23.3 Å². The number of amides is 1. The lowest BCUT2D eigenvalue weighted by molar-refractivity contribution is -0.387. The van der Waals surface area contributed by atoms with E-state index in [0.717, 1.165) is 5.56 Å². The topological polar surface area (TPSA) is 110 Å². The van der Waals surface area contributed by atoms with Gasteiger partial charge in [0.15, 0.2) is 4.90 Å². The van der Waals surface area contributed by atoms with Crippen LogP contribution in [0.3, 0.4) is 0 Å². The van der Waals surface area contributed by atoms with E-state index < -0.39 is 32.8 Å². The Balaban J connectivity index is 1.45. The summed E-state index contributed by atoms with van der Waals surface area (Å²) in [5.74, 6) is 0.126. The third-order valence-electron chi connectivity index (χ3n) is 5.62. The Morgan fingerprint density at radius 1 is 1.10 bits per heavy atom. The van der Waals surface area contributed by atoms with Gasteiger partial charge in [0, 0.05) is 31.7 Å². The van der Waals surface area contributed by atoms with Crippen LogP contribution in [0.2, 0.25) is 0 Å². The zero-order valence-electron chi connectivity index (χ0n) is 16.1. The smallest absolute Gasteiger partial charge is 0.410 e. The van der Waals surface area contributed by atoms with E-state index in [4.69, 9.17) is 4.74 Å². The zero-order chi connectivity index (χ0) is 21.3. The van der Waals surface area contributed by atoms with Crippen LogP contribution in [0.5, 0.6) is 0 Å². The molecule has 30 heavy (non-hydrogen) atoms. The summed E-state index contributed by atoms with van der Waals surface area (Å²) in [6.45, 7) is 1.14. The third-order valence-corrected chi connectivity index (χ3v) is 7.56. The van der Waals surface area contributed by atoms with Gasteiger partial charge in [-0.05, 0) is 24.0 Å². The second-order valence-electron chi connectivity index (χ2n) is 7.40. The van der Waals surface area contributed by atoms with Crippen LogP contribution in [-0.2, 0) is 21.4 Å². The molecule has 0 bridgehead atoms. The molecule has 10 heteroatoms. The molecule has 9 nitrogen and oxygen atoms in total. The molecule has 0 unspecified atom stereocenters. The summed E-state index contributed by atoms with van der Waals surface area (Å²) in [5, 5.41) is 11.3. The number of nitrogens with zero attached hydrogens (tertiary/aromatic N) is 3. The van der Waals surface area contributed by atoms with Gasteiger partial charge in [-0.25, -0.2) is 13.2 Å². The Bertz CT molecular complexity index is 1060. The van der Waals surface area contributed by atoms with Gasteiger partial charge >= 0.3 is 6.09 Å². The Kier molecular flexibility index (Phi) is 5.44. The fourth-order valence-corrected chi connectivity index (χ4v) is 5.85. The number of fused-ring (bicyclic) bond motifs is 1. The summed E-state index contributed by atoms with van der Waals surface area (Å²) in [5.41, 5.74) is 0.417. The number of ether oxygens (including phenoxy) is 1. The third kappa shape index (κ3) is 3.75. The van der Waals surface area contributed by atoms with Crippen molar-refractivity contribution in [2.45, 2.75) is 24.0 Å². The first-order chi connectivity index (χ1) is 14.4. The summed E-state index contributed by atoms with van der Waals surface area (Å²) >= 11 is 0. The van der Waals surface area contributed by atoms with Crippen molar-refractivity contribution < 1.29 is 22.9 Å². The summed E-state index contributed by atoms with van der Waals surface area (Å²) in [7, 11) is -4.04. The minimum Gasteiger partial charge on any atom is -0.445 e. The molecule has 0 spiro atoms. The predicted octanol–water partition coefficient (Wildman–Crippen LogP) is 2.63. The van der Waals surface area contributed by atoms with Crippen molar-refractivity contribution in [3.63, 3.8) is 0 Å². The van der Waals surface area contributed by atoms with Gasteiger partial charge in [0.25, 0.3) is 5.69 Å². The standard InChI is InChI=1S/C20H21N3O6S/c24-20(29-14-15-6-2-1-3-7-15)21-11-10-16-12-22(18(16)13-21)30(27,28)19-9-5-4-8-17(19)23(25)26/h1-9,16,18H,10-14H2/t16-,18-/m0/s1. The number of benzene rings is 2. The lowest BCUT2D eigenvalue weighted by Crippen LogP contribution is -2.66. The first-order valence-corrected chi connectivity index (χ1v) is 11.0. The summed E-state index contributed by atoms with van der Waals surface area (Å²) < 4.78 is 32.8. The lowest BCUT2D eigenvalue weighted by atomic mass is 9.85. The highest BCUT2D eigenvalue weighted by molar-refractivity contribution is 7.89. The van der Waals surface area contributed by atoms with Gasteiger partial charge < -0.3 is 9.64 Å². The molecule has 4 rings (SSSR count). The molecular weight excluding hydrogens is 410 g/mol. The van der Waals surface area contributed by atoms with E-state index in [0.29, 0.717) is 19.5 Å². The summed E-state index contributed by atoms with van der Waals surface area (Å²) in [4.78, 5) is 24.2. The highest BCUT2D eigenvalue weighted by Gasteiger charge is 2.50. The van der Waals surface area contributed by atoms with E-state index in [1.165, 1.54) is 33.5 Å². The van der Waals surface area contributed by atoms with Crippen molar-refractivity contribution in [3.05, 3.63) is 70.3 Å². The maximum Gasteiger partial charge on any atom is 0.410 e. The van der Waals surface area contributed by atoms with Crippen LogP contribution < -0.4 is 0 Å². The molecule has 2 aliphatic heterocycles. The minimum absolute atomic E-state index is 0.126. The van der Waals surface area contributed by atoms with Crippen LogP contribution in [0.25, 0.3) is 0 Å². The summed E-state index contributed by atoms with van der Waals surface area (Å²) in [6.07, 6.45) is 0.167. The largest absolute Gasteiger partial charge is 0.445 e. The normalized spacial score (nSPS) is 21.4. The number of para-hydroxylation sites is 1. The van der Waals surface area contributed by atoms with Crippen molar-refractivity contribution in [2.24, 2.45) is 5.92 Å². The first-order valence-electron chi connectivity index (χ1n) is 9.59. The SMILES string of the molecule is O=C(OCc1ccccc1)N1CC[C@H]2CN(S(=O)(=O)c3ccccc3[N+](=O)[O-])[C@H]2C1. The quantitative estimate of drug-likeness (QED) is 0.532. The second kappa shape index (κ2) is 8.04. The average molecular weight is 431 g/mol. The lowest BCUT2D eigenvalue weighted by Gasteiger charge is -2.51. The van der Waals surface area contributed by atoms with E-state index in [1.54, 1.807) is 0 Å². The van der Waals surface area contributed by atoms with Crippen LogP contribution in [-0.4, -0.2) is 54.3 Å². The highest BCUT2D eigenvalue weighted by Crippen LogP contribution is 2.39. The van der Waals surface area contributed by atoms with E-state index >= 15 is 0 Å². The van der Waals surface area contributed by atoms with Gasteiger partial charge in [0.05, 0.1) is 4.92 Å². The summed E-state index contributed by atoms with van der Waals surface area (Å²) in [6, 6.07) is 14.2. The molecule has 2 heterocycles. The zero-order valence-corrected chi connectivity index (χ0v) is 16.9. The molecule has 1 amide bonds. The molecule has 158 valence electrons. The fraction of sp³-hybridized carbons (Fsp3) is 0.350. The van der Waals surface area contributed by atoms with E-state index in [-0.39, 0.29) is 24.0 Å². The van der Waals surface area contributed by atoms with Gasteiger partial charge in [0.2, 0.25) is 10.0 Å². The maximum atomic E-state index is 13.1. The van der Waals surface area contributed by atoms with Gasteiger partial charge in [-0.2, -0.15) is 4.31 Å². The van der Waals surface area contributed by atoms with Crippen LogP contribution in [0.15, 0.2) is 59.5 Å². The Morgan fingerprint density at radius 2 is 1.80 bits per heavy atom. The van der Waals surface area contributed by atoms with E-state index in [2.05, 4.69) is 0 Å². The Labute approximate surface area is 174 Å². The number of likely N-dealkylation sites (tertiary alicyclic amines) is 1. The number of carbonyl (C=O) groups excluding carboxylic acids is 1. The molecule has 0 saturated carbocycles. The number of piperidine rings is 1. The second-order valence-corrected chi connectivity index (χ2v) is 9.26. The molecule has 2 aromatic carbocycles. The van der Waals surface area contributed by atoms with Gasteiger partial charge in [-0.1, -0.05) is 42.5 Å². The highest BCUT2D eigenvalue weighted by atomic mass is 32.2. The van der Waals surface area contributed by atoms with Gasteiger partial charge in [-0.3, -0.25) is 10.1 Å². The van der Waals surface area contributed by atoms with Crippen molar-refractivity contribution >= 4 is 21.8 Å². The van der Waals surface area contributed by atoms with Crippen molar-refractivity contribution in [3.8, 4) is 0 Å². The van der Waals surface area contributed by atoms with Crippen molar-refractivity contribution in [2.75, 3.05) is 19.6 Å². The molecule has 0 aliphatic carbocycles. The van der Waals surface area contributed by atoms with Gasteiger partial charge in [0.1, 0.15) is 6.61 Å². The first kappa shape index (κ1) is 20.3. The Morgan fingerprint density at radius 3 is 2.53 bits per heavy atom. The van der Waals surface area contributed by atoms with Crippen LogP contribution >= 0.6 is 0 Å². The molecule has 2 aliphatic rings. The van der Waals surface area contributed by atoms with Crippen LogP contribution in [0.1, 0.15) is 12.0 Å². The fourth-order valence-electron chi connectivity index (χ4n) is 3.95. The van der Waals surface area contributed by atoms with Crippen molar-refractivity contribution in [1.82, 2.24) is 9.21 Å². The number of rotatable bonds is 5. The predicted molar refractivity (Wildman–Crippen MR) is 107 cm³/mol. The number of carbonyl (C=O) groups is 1. The van der Waals surface area contributed by atoms with Crippen LogP contribution in [0, 0.1) is 16.0 Å². The van der Waals surface area contributed by atoms with Crippen LogP contribution in [0.4, 0.5) is 10.5 Å². The monoisotopic (exact) mass is 431 g/mol. The number of hydrogen-bond donors (Lipinski definition) is 0. The maximum absolute atomic E-state index is 13.1. The molecule has 2 aromatic rings. The number of sulfonamides is 1. The van der Waals surface area contributed by atoms with Crippen molar-refractivity contribution in [1.29, 1.82) is 0 Å².